The summed E-state index contributed by atoms with van der Waals surface area (Å²) in [5, 5.41) is 9.20. The second-order valence-electron chi connectivity index (χ2n) is 2.60. The van der Waals surface area contributed by atoms with E-state index in [0.717, 1.165) is 3.58 Å². The SMILES string of the molecule is CCCCCC(I)C(I)=C(O)I. The summed E-state index contributed by atoms with van der Waals surface area (Å²) in [5.41, 5.74) is 0. The summed E-state index contributed by atoms with van der Waals surface area (Å²) < 4.78 is 2.03. The largest absolute Gasteiger partial charge is 0.502 e. The quantitative estimate of drug-likeness (QED) is 0.242. The summed E-state index contributed by atoms with van der Waals surface area (Å²) >= 11 is 6.58. The smallest absolute Gasteiger partial charge is 0.163 e. The van der Waals surface area contributed by atoms with Gasteiger partial charge in [-0.2, -0.15) is 0 Å². The highest BCUT2D eigenvalue weighted by Crippen LogP contribution is 2.29. The maximum absolute atomic E-state index is 9.20. The van der Waals surface area contributed by atoms with Gasteiger partial charge in [-0.05, 0) is 51.6 Å². The third kappa shape index (κ3) is 6.22. The van der Waals surface area contributed by atoms with Crippen LogP contribution in [0.25, 0.3) is 0 Å². The molecule has 1 N–H and O–H groups in total. The number of unbranched alkanes of at least 4 members (excludes halogenated alkanes) is 2. The number of aliphatic hydroxyl groups is 1. The molecule has 0 fully saturated rings. The molecular formula is C8H13I3O. The zero-order chi connectivity index (χ0) is 9.56. The van der Waals surface area contributed by atoms with Crippen LogP contribution in [0.4, 0.5) is 0 Å². The molecule has 0 rings (SSSR count). The second kappa shape index (κ2) is 8.07. The van der Waals surface area contributed by atoms with Gasteiger partial charge in [-0.25, -0.2) is 0 Å². The van der Waals surface area contributed by atoms with Gasteiger partial charge in [-0.3, -0.25) is 0 Å². The molecule has 72 valence electrons. The number of hydrogen-bond acceptors (Lipinski definition) is 1. The van der Waals surface area contributed by atoms with Gasteiger partial charge >= 0.3 is 0 Å². The molecule has 0 aliphatic rings. The van der Waals surface area contributed by atoms with Gasteiger partial charge in [0.1, 0.15) is 0 Å². The van der Waals surface area contributed by atoms with Crippen LogP contribution < -0.4 is 0 Å². The first kappa shape index (κ1) is 13.7. The fourth-order valence-corrected chi connectivity index (χ4v) is 2.85. The monoisotopic (exact) mass is 506 g/mol. The van der Waals surface area contributed by atoms with E-state index in [1.807, 2.05) is 22.6 Å². The molecule has 0 radical (unpaired) electrons. The van der Waals surface area contributed by atoms with Crippen molar-refractivity contribution in [1.82, 2.24) is 0 Å². The first-order valence-electron chi connectivity index (χ1n) is 3.97. The van der Waals surface area contributed by atoms with E-state index in [-0.39, 0.29) is 0 Å². The van der Waals surface area contributed by atoms with Crippen LogP contribution in [0, 0.1) is 0 Å². The Morgan fingerprint density at radius 2 is 1.92 bits per heavy atom. The second-order valence-corrected chi connectivity index (χ2v) is 6.29. The van der Waals surface area contributed by atoms with Crippen molar-refractivity contribution in [2.24, 2.45) is 0 Å². The Morgan fingerprint density at radius 3 is 2.33 bits per heavy atom. The molecule has 0 aromatic carbocycles. The van der Waals surface area contributed by atoms with Gasteiger partial charge in [0, 0.05) is 3.92 Å². The predicted octanol–water partition coefficient (Wildman–Crippen LogP) is 4.97. The Bertz CT molecular complexity index is 152. The van der Waals surface area contributed by atoms with Crippen molar-refractivity contribution in [1.29, 1.82) is 0 Å². The Hall–Kier alpha value is 1.73. The summed E-state index contributed by atoms with van der Waals surface area (Å²) in [6, 6.07) is 0. The van der Waals surface area contributed by atoms with Crippen molar-refractivity contribution in [2.45, 2.75) is 36.5 Å². The Labute approximate surface area is 115 Å². The molecule has 0 aromatic rings. The zero-order valence-corrected chi connectivity index (χ0v) is 13.5. The number of halogens is 3. The predicted molar refractivity (Wildman–Crippen MR) is 79.6 cm³/mol. The third-order valence-corrected chi connectivity index (χ3v) is 6.85. The van der Waals surface area contributed by atoms with Crippen molar-refractivity contribution >= 4 is 67.8 Å². The van der Waals surface area contributed by atoms with Crippen LogP contribution in [-0.2, 0) is 0 Å². The van der Waals surface area contributed by atoms with Crippen LogP contribution in [0.15, 0.2) is 7.35 Å². The molecule has 4 heteroatoms. The molecule has 1 atom stereocenters. The lowest BCUT2D eigenvalue weighted by atomic mass is 10.1. The van der Waals surface area contributed by atoms with Gasteiger partial charge in [0.05, 0.1) is 3.58 Å². The minimum absolute atomic E-state index is 0.448. The van der Waals surface area contributed by atoms with Crippen LogP contribution in [0.5, 0.6) is 0 Å². The average molecular weight is 506 g/mol. The van der Waals surface area contributed by atoms with Gasteiger partial charge in [-0.15, -0.1) is 0 Å². The molecule has 0 aromatic heterocycles. The topological polar surface area (TPSA) is 20.2 Å². The summed E-state index contributed by atoms with van der Waals surface area (Å²) in [6.07, 6.45) is 5.01. The molecular weight excluding hydrogens is 493 g/mol. The highest BCUT2D eigenvalue weighted by molar-refractivity contribution is 14.1. The van der Waals surface area contributed by atoms with Crippen molar-refractivity contribution in [3.8, 4) is 0 Å². The summed E-state index contributed by atoms with van der Waals surface area (Å²) in [5.74, 6) is 0. The first-order valence-corrected chi connectivity index (χ1v) is 7.38. The van der Waals surface area contributed by atoms with Gasteiger partial charge < -0.3 is 5.11 Å². The maximum atomic E-state index is 9.20. The Kier molecular flexibility index (Phi) is 9.24. The molecule has 0 aliphatic heterocycles. The lowest BCUT2D eigenvalue weighted by Crippen LogP contribution is -1.98. The lowest BCUT2D eigenvalue weighted by Gasteiger charge is -2.08. The highest BCUT2D eigenvalue weighted by Gasteiger charge is 2.10. The van der Waals surface area contributed by atoms with E-state index in [9.17, 15) is 5.11 Å². The number of aliphatic hydroxyl groups excluding tert-OH is 1. The number of allylic oxidation sites excluding steroid dienone is 1. The van der Waals surface area contributed by atoms with Gasteiger partial charge in [0.2, 0.25) is 0 Å². The average Bonchev–Trinajstić information content (AvgIpc) is 2.03. The standard InChI is InChI=1S/C8H13I3O/c1-2-3-4-5-6(9)7(10)8(11)12/h6,12H,2-5H2,1H3. The van der Waals surface area contributed by atoms with Crippen LogP contribution >= 0.6 is 67.8 Å². The van der Waals surface area contributed by atoms with Crippen LogP contribution in [0.3, 0.4) is 0 Å². The number of rotatable bonds is 5. The van der Waals surface area contributed by atoms with Gasteiger partial charge in [0.25, 0.3) is 0 Å². The Balaban J connectivity index is 3.72. The molecule has 0 amide bonds. The van der Waals surface area contributed by atoms with Crippen molar-refractivity contribution in [3.05, 3.63) is 7.35 Å². The van der Waals surface area contributed by atoms with Crippen molar-refractivity contribution in [2.75, 3.05) is 0 Å². The maximum Gasteiger partial charge on any atom is 0.163 e. The molecule has 0 bridgehead atoms. The summed E-state index contributed by atoms with van der Waals surface area (Å²) in [4.78, 5) is 0. The molecule has 0 saturated heterocycles. The molecule has 0 spiro atoms. The molecule has 0 heterocycles. The van der Waals surface area contributed by atoms with E-state index < -0.39 is 0 Å². The van der Waals surface area contributed by atoms with E-state index in [0.29, 0.717) is 7.69 Å². The van der Waals surface area contributed by atoms with E-state index in [2.05, 4.69) is 52.1 Å². The molecule has 0 aliphatic carbocycles. The summed E-state index contributed by atoms with van der Waals surface area (Å²) in [7, 11) is 0. The van der Waals surface area contributed by atoms with Crippen molar-refractivity contribution in [3.63, 3.8) is 0 Å². The molecule has 0 saturated carbocycles. The fraction of sp³-hybridized carbons (Fsp3) is 0.750. The third-order valence-electron chi connectivity index (χ3n) is 1.53. The van der Waals surface area contributed by atoms with Crippen LogP contribution in [0.2, 0.25) is 0 Å². The Morgan fingerprint density at radius 1 is 1.33 bits per heavy atom. The molecule has 1 nitrogen and oxygen atoms in total. The van der Waals surface area contributed by atoms with Gasteiger partial charge in [0.15, 0.2) is 3.77 Å². The minimum atomic E-state index is 0.448. The highest BCUT2D eigenvalue weighted by atomic mass is 127. The van der Waals surface area contributed by atoms with Crippen molar-refractivity contribution < 1.29 is 5.11 Å². The normalized spacial score (nSPS) is 15.7. The van der Waals surface area contributed by atoms with E-state index in [1.165, 1.54) is 25.7 Å². The van der Waals surface area contributed by atoms with E-state index in [1.54, 1.807) is 0 Å². The molecule has 12 heavy (non-hydrogen) atoms. The van der Waals surface area contributed by atoms with Crippen LogP contribution in [-0.4, -0.2) is 9.03 Å². The fourth-order valence-electron chi connectivity index (χ4n) is 0.830. The van der Waals surface area contributed by atoms with Crippen LogP contribution in [0.1, 0.15) is 32.6 Å². The number of hydrogen-bond donors (Lipinski definition) is 1. The lowest BCUT2D eigenvalue weighted by molar-refractivity contribution is 0.461. The van der Waals surface area contributed by atoms with E-state index >= 15 is 0 Å². The zero-order valence-electron chi connectivity index (χ0n) is 6.99. The van der Waals surface area contributed by atoms with Gasteiger partial charge in [-0.1, -0.05) is 48.8 Å². The minimum Gasteiger partial charge on any atom is -0.502 e. The molecule has 1 unspecified atom stereocenters. The number of alkyl halides is 1. The first-order chi connectivity index (χ1) is 5.59. The summed E-state index contributed by atoms with van der Waals surface area (Å²) in [6.45, 7) is 2.21. The van der Waals surface area contributed by atoms with E-state index in [4.69, 9.17) is 0 Å².